The van der Waals surface area contributed by atoms with E-state index in [4.69, 9.17) is 0 Å². The van der Waals surface area contributed by atoms with Crippen molar-refractivity contribution in [2.45, 2.75) is 19.0 Å². The van der Waals surface area contributed by atoms with Gasteiger partial charge in [0.2, 0.25) is 15.9 Å². The third-order valence-electron chi connectivity index (χ3n) is 4.29. The molecule has 0 saturated carbocycles. The lowest BCUT2D eigenvalue weighted by atomic mass is 10.2. The van der Waals surface area contributed by atoms with Gasteiger partial charge in [-0.3, -0.25) is 4.79 Å². The van der Waals surface area contributed by atoms with Crippen LogP contribution in [0.5, 0.6) is 0 Å². The molecule has 1 aliphatic rings. The van der Waals surface area contributed by atoms with E-state index in [0.717, 1.165) is 10.6 Å². The molecule has 1 saturated heterocycles. The lowest BCUT2D eigenvalue weighted by molar-refractivity contribution is -0.145. The van der Waals surface area contributed by atoms with Gasteiger partial charge in [-0.05, 0) is 19.1 Å². The summed E-state index contributed by atoms with van der Waals surface area (Å²) in [6.45, 7) is 1.37. The zero-order valence-electron chi connectivity index (χ0n) is 15.9. The highest BCUT2D eigenvalue weighted by Gasteiger charge is 2.39. The molecule has 0 aliphatic carbocycles. The van der Waals surface area contributed by atoms with Crippen LogP contribution >= 0.6 is 0 Å². The summed E-state index contributed by atoms with van der Waals surface area (Å²) in [5.74, 6) is -1.34. The lowest BCUT2D eigenvalue weighted by Gasteiger charge is -2.39. The molecule has 2 atom stereocenters. The topological polar surface area (TPSA) is 125 Å². The minimum Gasteiger partial charge on any atom is -0.467 e. The third-order valence-corrected chi connectivity index (χ3v) is 5.57. The van der Waals surface area contributed by atoms with Gasteiger partial charge in [0.1, 0.15) is 12.1 Å². The zero-order valence-corrected chi connectivity index (χ0v) is 16.7. The predicted molar refractivity (Wildman–Crippen MR) is 102 cm³/mol. The summed E-state index contributed by atoms with van der Waals surface area (Å²) < 4.78 is 29.7. The molecule has 2 N–H and O–H groups in total. The normalized spacial score (nSPS) is 18.8. The number of amides is 3. The molecule has 2 rings (SSSR count). The smallest absolute Gasteiger partial charge is 0.328 e. The number of anilines is 1. The third kappa shape index (κ3) is 5.42. The van der Waals surface area contributed by atoms with Crippen molar-refractivity contribution in [2.24, 2.45) is 0 Å². The summed E-state index contributed by atoms with van der Waals surface area (Å²) in [6.07, 6.45) is 0.997. The second-order valence-corrected chi connectivity index (χ2v) is 8.32. The molecule has 28 heavy (non-hydrogen) atoms. The summed E-state index contributed by atoms with van der Waals surface area (Å²) in [5, 5.41) is 5.14. The van der Waals surface area contributed by atoms with Crippen LogP contribution < -0.4 is 10.6 Å². The van der Waals surface area contributed by atoms with Crippen LogP contribution in [0.25, 0.3) is 0 Å². The van der Waals surface area contributed by atoms with Gasteiger partial charge in [0, 0.05) is 25.3 Å². The molecule has 3 amide bonds. The van der Waals surface area contributed by atoms with Gasteiger partial charge < -0.3 is 20.3 Å². The van der Waals surface area contributed by atoms with E-state index < -0.39 is 40.0 Å². The number of methoxy groups -OCH3 is 1. The Kier molecular flexibility index (Phi) is 6.97. The lowest BCUT2D eigenvalue weighted by Crippen LogP contribution is -2.62. The first-order valence-electron chi connectivity index (χ1n) is 8.59. The summed E-state index contributed by atoms with van der Waals surface area (Å²) in [7, 11) is -2.51. The van der Waals surface area contributed by atoms with Gasteiger partial charge in [-0.2, -0.15) is 4.31 Å². The number of urea groups is 1. The molecule has 1 aliphatic heterocycles. The Hall–Kier alpha value is -2.66. The number of hydrogen-bond donors (Lipinski definition) is 2. The van der Waals surface area contributed by atoms with Gasteiger partial charge in [0.15, 0.2) is 0 Å². The van der Waals surface area contributed by atoms with Crippen molar-refractivity contribution < 1.29 is 27.5 Å². The fourth-order valence-corrected chi connectivity index (χ4v) is 3.87. The van der Waals surface area contributed by atoms with Crippen molar-refractivity contribution in [3.05, 3.63) is 30.3 Å². The van der Waals surface area contributed by atoms with Crippen molar-refractivity contribution in [2.75, 3.05) is 38.3 Å². The number of carbonyl (C=O) groups excluding carboxylic acids is 3. The van der Waals surface area contributed by atoms with Gasteiger partial charge in [-0.15, -0.1) is 0 Å². The number of nitrogens with zero attached hydrogens (tertiary/aromatic N) is 2. The molecule has 1 aromatic rings. The maximum absolute atomic E-state index is 12.6. The van der Waals surface area contributed by atoms with Crippen molar-refractivity contribution >= 4 is 33.6 Å². The molecule has 154 valence electrons. The van der Waals surface area contributed by atoms with Crippen LogP contribution in [0.1, 0.15) is 6.92 Å². The van der Waals surface area contributed by atoms with Crippen LogP contribution in [0.15, 0.2) is 30.3 Å². The van der Waals surface area contributed by atoms with E-state index in [9.17, 15) is 22.8 Å². The molecule has 0 spiro atoms. The number of carbonyl (C=O) groups is 3. The van der Waals surface area contributed by atoms with Gasteiger partial charge in [0.25, 0.3) is 0 Å². The molecule has 0 bridgehead atoms. The fraction of sp³-hybridized carbons (Fsp3) is 0.471. The number of sulfonamides is 1. The minimum atomic E-state index is -3.69. The summed E-state index contributed by atoms with van der Waals surface area (Å²) in [6, 6.07) is 6.22. The molecule has 1 aromatic carbocycles. The summed E-state index contributed by atoms with van der Waals surface area (Å²) >= 11 is 0. The number of ether oxygens (including phenoxy) is 1. The van der Waals surface area contributed by atoms with Crippen LogP contribution in [0.2, 0.25) is 0 Å². The Morgan fingerprint density at radius 1 is 1.18 bits per heavy atom. The van der Waals surface area contributed by atoms with E-state index >= 15 is 0 Å². The van der Waals surface area contributed by atoms with E-state index in [1.807, 2.05) is 6.07 Å². The minimum absolute atomic E-state index is 0.0360. The van der Waals surface area contributed by atoms with Crippen LogP contribution in [-0.2, 0) is 24.3 Å². The standard InChI is InChI=1S/C17H24N4O6S/c1-12(16(23)27-2)18-15(22)14-11-20(9-10-21(14)28(3,25)26)17(24)19-13-7-5-4-6-8-13/h4-8,12,14H,9-11H2,1-3H3,(H,18,22)(H,19,24)/t12-,14+/m1/s1. The Morgan fingerprint density at radius 3 is 2.39 bits per heavy atom. The zero-order chi connectivity index (χ0) is 20.9. The van der Waals surface area contributed by atoms with Crippen LogP contribution in [0.4, 0.5) is 10.5 Å². The van der Waals surface area contributed by atoms with E-state index in [2.05, 4.69) is 15.4 Å². The maximum Gasteiger partial charge on any atom is 0.328 e. The van der Waals surface area contributed by atoms with E-state index in [1.54, 1.807) is 24.3 Å². The Morgan fingerprint density at radius 2 is 1.82 bits per heavy atom. The first-order valence-corrected chi connectivity index (χ1v) is 10.4. The number of benzene rings is 1. The van der Waals surface area contributed by atoms with Crippen molar-refractivity contribution in [1.82, 2.24) is 14.5 Å². The summed E-state index contributed by atoms with van der Waals surface area (Å²) in [5.41, 5.74) is 0.582. The molecule has 0 aromatic heterocycles. The number of esters is 1. The molecule has 1 heterocycles. The Bertz CT molecular complexity index is 829. The van der Waals surface area contributed by atoms with Crippen molar-refractivity contribution in [3.8, 4) is 0 Å². The van der Waals surface area contributed by atoms with Crippen LogP contribution in [0, 0.1) is 0 Å². The van der Waals surface area contributed by atoms with Gasteiger partial charge >= 0.3 is 12.0 Å². The molecule has 1 fully saturated rings. The Labute approximate surface area is 163 Å². The van der Waals surface area contributed by atoms with Crippen LogP contribution in [-0.4, -0.2) is 80.6 Å². The fourth-order valence-electron chi connectivity index (χ4n) is 2.83. The maximum atomic E-state index is 12.6. The number of para-hydroxylation sites is 1. The van der Waals surface area contributed by atoms with Crippen LogP contribution in [0.3, 0.4) is 0 Å². The van der Waals surface area contributed by atoms with Gasteiger partial charge in [-0.25, -0.2) is 18.0 Å². The Balaban J connectivity index is 2.14. The SMILES string of the molecule is COC(=O)[C@@H](C)NC(=O)[C@@H]1CN(C(=O)Nc2ccccc2)CCN1S(C)(=O)=O. The van der Waals surface area contributed by atoms with E-state index in [-0.39, 0.29) is 19.6 Å². The van der Waals surface area contributed by atoms with Crippen molar-refractivity contribution in [3.63, 3.8) is 0 Å². The second-order valence-electron chi connectivity index (χ2n) is 6.39. The number of nitrogens with one attached hydrogen (secondary N) is 2. The average Bonchev–Trinajstić information content (AvgIpc) is 2.66. The second kappa shape index (κ2) is 9.02. The van der Waals surface area contributed by atoms with E-state index in [1.165, 1.54) is 18.9 Å². The molecular formula is C17H24N4O6S. The number of rotatable bonds is 5. The molecular weight excluding hydrogens is 388 g/mol. The highest BCUT2D eigenvalue weighted by Crippen LogP contribution is 2.16. The molecule has 10 nitrogen and oxygen atoms in total. The monoisotopic (exact) mass is 412 g/mol. The number of piperazine rings is 1. The molecule has 0 radical (unpaired) electrons. The predicted octanol–water partition coefficient (Wildman–Crippen LogP) is -0.158. The molecule has 11 heteroatoms. The first kappa shape index (κ1) is 21.6. The van der Waals surface area contributed by atoms with E-state index in [0.29, 0.717) is 5.69 Å². The number of hydrogen-bond acceptors (Lipinski definition) is 6. The van der Waals surface area contributed by atoms with Gasteiger partial charge in [0.05, 0.1) is 13.4 Å². The first-order chi connectivity index (χ1) is 13.1. The highest BCUT2D eigenvalue weighted by atomic mass is 32.2. The summed E-state index contributed by atoms with van der Waals surface area (Å²) in [4.78, 5) is 38.0. The average molecular weight is 412 g/mol. The van der Waals surface area contributed by atoms with Gasteiger partial charge in [-0.1, -0.05) is 18.2 Å². The highest BCUT2D eigenvalue weighted by molar-refractivity contribution is 7.88. The largest absolute Gasteiger partial charge is 0.467 e. The molecule has 0 unspecified atom stereocenters. The van der Waals surface area contributed by atoms with Crippen molar-refractivity contribution in [1.29, 1.82) is 0 Å². The quantitative estimate of drug-likeness (QED) is 0.648.